The first-order chi connectivity index (χ1) is 17.3. The molecule has 1 amide bonds. The summed E-state index contributed by atoms with van der Waals surface area (Å²) >= 11 is 7.74. The van der Waals surface area contributed by atoms with Crippen LogP contribution in [-0.2, 0) is 20.6 Å². The maximum atomic E-state index is 13.4. The van der Waals surface area contributed by atoms with Crippen molar-refractivity contribution in [2.45, 2.75) is 30.9 Å². The maximum Gasteiger partial charge on any atom is 0.264 e. The molecule has 0 spiro atoms. The first kappa shape index (κ1) is 27.9. The quantitative estimate of drug-likeness (QED) is 0.279. The first-order valence-corrected chi connectivity index (χ1v) is 14.7. The van der Waals surface area contributed by atoms with Crippen LogP contribution < -0.4 is 14.4 Å². The Bertz CT molecular complexity index is 1220. The Balaban J connectivity index is 1.60. The first-order valence-electron chi connectivity index (χ1n) is 11.7. The van der Waals surface area contributed by atoms with E-state index in [1.54, 1.807) is 36.0 Å². The number of thioether (sulfide) groups is 1. The number of carbonyl (C=O) groups is 1. The SMILES string of the molecule is CCOc1ccc(N(CC(=O)NCCCSCc2ccc(C)cc2)S(=O)(=O)c2ccc(Cl)cc2)cc1. The lowest BCUT2D eigenvalue weighted by Crippen LogP contribution is -2.41. The fourth-order valence-corrected chi connectivity index (χ4v) is 5.85. The molecule has 192 valence electrons. The molecule has 0 aromatic heterocycles. The lowest BCUT2D eigenvalue weighted by atomic mass is 10.2. The summed E-state index contributed by atoms with van der Waals surface area (Å²) in [6, 6.07) is 21.0. The molecule has 0 unspecified atom stereocenters. The third-order valence-corrected chi connectivity index (χ3v) is 8.46. The lowest BCUT2D eigenvalue weighted by molar-refractivity contribution is -0.119. The number of anilines is 1. The number of nitrogens with one attached hydrogen (secondary N) is 1. The molecule has 6 nitrogen and oxygen atoms in total. The fraction of sp³-hybridized carbons (Fsp3) is 0.296. The van der Waals surface area contributed by atoms with Gasteiger partial charge in [-0.2, -0.15) is 11.8 Å². The highest BCUT2D eigenvalue weighted by atomic mass is 35.5. The van der Waals surface area contributed by atoms with Crippen LogP contribution in [0, 0.1) is 6.92 Å². The number of amides is 1. The Labute approximate surface area is 223 Å². The number of benzene rings is 3. The topological polar surface area (TPSA) is 75.7 Å². The van der Waals surface area contributed by atoms with Gasteiger partial charge >= 0.3 is 0 Å². The van der Waals surface area contributed by atoms with Crippen LogP contribution in [0.5, 0.6) is 5.75 Å². The second kappa shape index (κ2) is 13.6. The van der Waals surface area contributed by atoms with Gasteiger partial charge in [-0.25, -0.2) is 8.42 Å². The van der Waals surface area contributed by atoms with Crippen LogP contribution in [0.25, 0.3) is 0 Å². The van der Waals surface area contributed by atoms with Gasteiger partial charge in [-0.1, -0.05) is 41.4 Å². The molecule has 0 saturated carbocycles. The standard InChI is InChI=1S/C27H31ClN2O4S2/c1-3-34-25-13-11-24(12-14-25)30(36(32,33)26-15-9-23(28)10-16-26)19-27(31)29-17-4-18-35-20-22-7-5-21(2)6-8-22/h5-16H,3-4,17-20H2,1-2H3,(H,29,31). The Kier molecular flexibility index (Phi) is 10.5. The molecular weight excluding hydrogens is 516 g/mol. The second-order valence-corrected chi connectivity index (χ2v) is 11.5. The smallest absolute Gasteiger partial charge is 0.264 e. The van der Waals surface area contributed by atoms with Crippen LogP contribution in [0.2, 0.25) is 5.02 Å². The Hall–Kier alpha value is -2.68. The molecule has 0 aliphatic rings. The van der Waals surface area contributed by atoms with E-state index in [4.69, 9.17) is 16.3 Å². The second-order valence-electron chi connectivity index (χ2n) is 8.13. The van der Waals surface area contributed by atoms with Gasteiger partial charge in [0.15, 0.2) is 0 Å². The Morgan fingerprint density at radius 1 is 1.00 bits per heavy atom. The number of hydrogen-bond acceptors (Lipinski definition) is 5. The molecule has 0 aliphatic heterocycles. The summed E-state index contributed by atoms with van der Waals surface area (Å²) in [6.45, 7) is 4.57. The van der Waals surface area contributed by atoms with E-state index >= 15 is 0 Å². The zero-order chi connectivity index (χ0) is 26.0. The van der Waals surface area contributed by atoms with Crippen LogP contribution in [0.1, 0.15) is 24.5 Å². The summed E-state index contributed by atoms with van der Waals surface area (Å²) in [5, 5.41) is 3.28. The highest BCUT2D eigenvalue weighted by Crippen LogP contribution is 2.26. The molecule has 9 heteroatoms. The Morgan fingerprint density at radius 3 is 2.31 bits per heavy atom. The van der Waals surface area contributed by atoms with Crippen molar-refractivity contribution >= 4 is 45.0 Å². The van der Waals surface area contributed by atoms with Gasteiger partial charge in [0.2, 0.25) is 5.91 Å². The molecule has 0 bridgehead atoms. The van der Waals surface area contributed by atoms with Crippen LogP contribution in [0.4, 0.5) is 5.69 Å². The van der Waals surface area contributed by atoms with Crippen LogP contribution in [0.3, 0.4) is 0 Å². The number of nitrogens with zero attached hydrogens (tertiary/aromatic N) is 1. The van der Waals surface area contributed by atoms with Crippen molar-refractivity contribution in [3.63, 3.8) is 0 Å². The normalized spacial score (nSPS) is 11.2. The van der Waals surface area contributed by atoms with Crippen LogP contribution >= 0.6 is 23.4 Å². The maximum absolute atomic E-state index is 13.4. The predicted molar refractivity (Wildman–Crippen MR) is 149 cm³/mol. The molecule has 0 fully saturated rings. The lowest BCUT2D eigenvalue weighted by Gasteiger charge is -2.24. The molecule has 0 aliphatic carbocycles. The van der Waals surface area contributed by atoms with E-state index < -0.39 is 10.0 Å². The van der Waals surface area contributed by atoms with Gasteiger partial charge in [-0.05, 0) is 80.1 Å². The number of carbonyl (C=O) groups excluding carboxylic acids is 1. The molecule has 3 aromatic carbocycles. The molecule has 36 heavy (non-hydrogen) atoms. The van der Waals surface area contributed by atoms with E-state index in [0.29, 0.717) is 29.6 Å². The number of hydrogen-bond donors (Lipinski definition) is 1. The fourth-order valence-electron chi connectivity index (χ4n) is 3.39. The minimum absolute atomic E-state index is 0.0566. The third-order valence-electron chi connectivity index (χ3n) is 5.30. The van der Waals surface area contributed by atoms with Gasteiger partial charge in [0.1, 0.15) is 12.3 Å². The van der Waals surface area contributed by atoms with Crippen molar-refractivity contribution in [3.8, 4) is 5.75 Å². The molecule has 0 atom stereocenters. The third kappa shape index (κ3) is 8.18. The van der Waals surface area contributed by atoms with Crippen molar-refractivity contribution in [1.82, 2.24) is 5.32 Å². The zero-order valence-electron chi connectivity index (χ0n) is 20.4. The monoisotopic (exact) mass is 546 g/mol. The molecule has 0 heterocycles. The van der Waals surface area contributed by atoms with E-state index in [-0.39, 0.29) is 17.3 Å². The molecule has 1 N–H and O–H groups in total. The van der Waals surface area contributed by atoms with Crippen LogP contribution in [0.15, 0.2) is 77.7 Å². The van der Waals surface area contributed by atoms with E-state index in [9.17, 15) is 13.2 Å². The summed E-state index contributed by atoms with van der Waals surface area (Å²) in [6.07, 6.45) is 0.787. The van der Waals surface area contributed by atoms with E-state index in [2.05, 4.69) is 36.5 Å². The Morgan fingerprint density at radius 2 is 1.67 bits per heavy atom. The number of rotatable bonds is 13. The zero-order valence-corrected chi connectivity index (χ0v) is 22.8. The molecule has 3 aromatic rings. The summed E-state index contributed by atoms with van der Waals surface area (Å²) in [4.78, 5) is 12.8. The van der Waals surface area contributed by atoms with Crippen molar-refractivity contribution < 1.29 is 17.9 Å². The van der Waals surface area contributed by atoms with Gasteiger partial charge in [0.05, 0.1) is 17.2 Å². The molecule has 0 radical (unpaired) electrons. The van der Waals surface area contributed by atoms with E-state index in [1.165, 1.54) is 35.4 Å². The summed E-state index contributed by atoms with van der Waals surface area (Å²) in [7, 11) is -4.00. The van der Waals surface area contributed by atoms with Crippen molar-refractivity contribution in [2.75, 3.05) is 29.8 Å². The van der Waals surface area contributed by atoms with Crippen LogP contribution in [-0.4, -0.2) is 39.8 Å². The van der Waals surface area contributed by atoms with Gasteiger partial charge in [0.25, 0.3) is 10.0 Å². The number of halogens is 1. The largest absolute Gasteiger partial charge is 0.494 e. The number of ether oxygens (including phenoxy) is 1. The summed E-state index contributed by atoms with van der Waals surface area (Å²) in [5.74, 6) is 2.06. The highest BCUT2D eigenvalue weighted by molar-refractivity contribution is 7.98. The summed E-state index contributed by atoms with van der Waals surface area (Å²) < 4.78 is 33.4. The molecule has 0 saturated heterocycles. The van der Waals surface area contributed by atoms with Crippen molar-refractivity contribution in [1.29, 1.82) is 0 Å². The highest BCUT2D eigenvalue weighted by Gasteiger charge is 2.27. The predicted octanol–water partition coefficient (Wildman–Crippen LogP) is 5.68. The number of sulfonamides is 1. The van der Waals surface area contributed by atoms with Crippen molar-refractivity contribution in [2.24, 2.45) is 0 Å². The average molecular weight is 547 g/mol. The number of aryl methyl sites for hydroxylation is 1. The van der Waals surface area contributed by atoms with Gasteiger partial charge in [-0.3, -0.25) is 9.10 Å². The van der Waals surface area contributed by atoms with Gasteiger partial charge in [0, 0.05) is 17.3 Å². The summed E-state index contributed by atoms with van der Waals surface area (Å²) in [5.41, 5.74) is 2.88. The molecular formula is C27H31ClN2O4S2. The minimum Gasteiger partial charge on any atom is -0.494 e. The van der Waals surface area contributed by atoms with E-state index in [1.807, 2.05) is 6.92 Å². The van der Waals surface area contributed by atoms with Crippen molar-refractivity contribution in [3.05, 3.63) is 88.9 Å². The minimum atomic E-state index is -4.00. The van der Waals surface area contributed by atoms with E-state index in [0.717, 1.165) is 22.2 Å². The van der Waals surface area contributed by atoms with Gasteiger partial charge < -0.3 is 10.1 Å². The van der Waals surface area contributed by atoms with Gasteiger partial charge in [-0.15, -0.1) is 0 Å². The average Bonchev–Trinajstić information content (AvgIpc) is 2.87. The molecule has 3 rings (SSSR count).